The van der Waals surface area contributed by atoms with Crippen LogP contribution in [0.15, 0.2) is 12.3 Å². The molecule has 0 heterocycles. The first-order valence-electron chi connectivity index (χ1n) is 4.94. The third kappa shape index (κ3) is 8.06. The van der Waals surface area contributed by atoms with Crippen LogP contribution < -0.4 is 0 Å². The van der Waals surface area contributed by atoms with Gasteiger partial charge < -0.3 is 9.16 Å². The van der Waals surface area contributed by atoms with E-state index in [9.17, 15) is 0 Å². The quantitative estimate of drug-likeness (QED) is 0.356. The first-order chi connectivity index (χ1) is 6.12. The molecule has 2 nitrogen and oxygen atoms in total. The van der Waals surface area contributed by atoms with Crippen molar-refractivity contribution in [2.45, 2.75) is 45.6 Å². The minimum Gasteiger partial charge on any atom is -0.499 e. The molecule has 0 unspecified atom stereocenters. The lowest BCUT2D eigenvalue weighted by atomic mass is 10.2. The molecule has 0 saturated carbocycles. The Labute approximate surface area is 84.9 Å². The predicted octanol–water partition coefficient (Wildman–Crippen LogP) is 1.78. The summed E-state index contributed by atoms with van der Waals surface area (Å²) < 4.78 is 10.7. The van der Waals surface area contributed by atoms with Crippen LogP contribution in [0.5, 0.6) is 0 Å². The molecule has 0 rings (SSSR count). The van der Waals surface area contributed by atoms with E-state index in [1.165, 1.54) is 12.8 Å². The average molecular weight is 202 g/mol. The molecule has 13 heavy (non-hydrogen) atoms. The van der Waals surface area contributed by atoms with Gasteiger partial charge in [0.25, 0.3) is 0 Å². The lowest BCUT2D eigenvalue weighted by Gasteiger charge is -2.22. The highest BCUT2D eigenvalue weighted by molar-refractivity contribution is 5.98. The van der Waals surface area contributed by atoms with E-state index in [0.717, 1.165) is 16.9 Å². The van der Waals surface area contributed by atoms with Crippen LogP contribution in [0.1, 0.15) is 40.0 Å². The molecule has 0 fully saturated rings. The van der Waals surface area contributed by atoms with Gasteiger partial charge in [-0.15, -0.1) is 0 Å². The fourth-order valence-electron chi connectivity index (χ4n) is 0.766. The van der Waals surface area contributed by atoms with Crippen molar-refractivity contribution in [2.24, 2.45) is 0 Å². The third-order valence-corrected chi connectivity index (χ3v) is 3.01. The number of hydrogen-bond donors (Lipinski definition) is 0. The Hall–Kier alpha value is -0.283. The summed E-state index contributed by atoms with van der Waals surface area (Å²) in [6.07, 6.45) is 7.45. The van der Waals surface area contributed by atoms with Crippen LogP contribution in [0.25, 0.3) is 0 Å². The molecule has 0 aromatic carbocycles. The molecule has 0 atom stereocenters. The zero-order valence-electron chi connectivity index (χ0n) is 9.30. The van der Waals surface area contributed by atoms with Crippen LogP contribution in [-0.4, -0.2) is 22.7 Å². The number of allylic oxidation sites excluding steroid dienone is 1. The van der Waals surface area contributed by atoms with Gasteiger partial charge in [-0.05, 0) is 32.8 Å². The standard InChI is InChI=1S/C10H22O2Si/c1-4-5-6-7-8-11-9-10(2,3)12-13/h7-8H,4-6,9H2,1-3,13H3. The van der Waals surface area contributed by atoms with Crippen molar-refractivity contribution in [1.82, 2.24) is 0 Å². The Morgan fingerprint density at radius 3 is 2.62 bits per heavy atom. The van der Waals surface area contributed by atoms with Crippen LogP contribution in [0, 0.1) is 0 Å². The van der Waals surface area contributed by atoms with Crippen LogP contribution >= 0.6 is 0 Å². The van der Waals surface area contributed by atoms with E-state index in [1.807, 2.05) is 13.8 Å². The van der Waals surface area contributed by atoms with E-state index in [2.05, 4.69) is 13.0 Å². The first-order valence-corrected chi connectivity index (χ1v) is 5.76. The Morgan fingerprint density at radius 2 is 2.08 bits per heavy atom. The van der Waals surface area contributed by atoms with Gasteiger partial charge in [0.05, 0.1) is 11.9 Å². The topological polar surface area (TPSA) is 18.5 Å². The number of rotatable bonds is 7. The molecule has 0 amide bonds. The minimum atomic E-state index is -0.124. The molecule has 0 radical (unpaired) electrons. The van der Waals surface area contributed by atoms with Crippen molar-refractivity contribution in [3.05, 3.63) is 12.3 Å². The molecule has 0 aliphatic rings. The highest BCUT2D eigenvalue weighted by Gasteiger charge is 2.14. The molecule has 78 valence electrons. The Morgan fingerprint density at radius 1 is 1.38 bits per heavy atom. The number of ether oxygens (including phenoxy) is 1. The van der Waals surface area contributed by atoms with E-state index in [-0.39, 0.29) is 5.60 Å². The second-order valence-electron chi connectivity index (χ2n) is 3.79. The largest absolute Gasteiger partial charge is 0.499 e. The summed E-state index contributed by atoms with van der Waals surface area (Å²) in [7, 11) is 0.764. The lowest BCUT2D eigenvalue weighted by Crippen LogP contribution is -2.28. The van der Waals surface area contributed by atoms with Crippen LogP contribution in [-0.2, 0) is 9.16 Å². The zero-order chi connectivity index (χ0) is 10.2. The summed E-state index contributed by atoms with van der Waals surface area (Å²) in [5, 5.41) is 0. The molecule has 0 aromatic rings. The van der Waals surface area contributed by atoms with Crippen LogP contribution in [0.2, 0.25) is 0 Å². The molecule has 0 aliphatic heterocycles. The molecule has 0 aliphatic carbocycles. The number of hydrogen-bond acceptors (Lipinski definition) is 2. The van der Waals surface area contributed by atoms with Gasteiger partial charge in [-0.3, -0.25) is 0 Å². The van der Waals surface area contributed by atoms with Crippen molar-refractivity contribution >= 4 is 10.5 Å². The van der Waals surface area contributed by atoms with Crippen molar-refractivity contribution in [3.8, 4) is 0 Å². The highest BCUT2D eigenvalue weighted by atomic mass is 28.2. The summed E-state index contributed by atoms with van der Waals surface area (Å²) in [6, 6.07) is 0. The van der Waals surface area contributed by atoms with Gasteiger partial charge in [-0.1, -0.05) is 13.3 Å². The maximum Gasteiger partial charge on any atom is 0.146 e. The maximum atomic E-state index is 5.35. The smallest absolute Gasteiger partial charge is 0.146 e. The summed E-state index contributed by atoms with van der Waals surface area (Å²) in [5.41, 5.74) is -0.124. The van der Waals surface area contributed by atoms with Gasteiger partial charge in [0.2, 0.25) is 0 Å². The first kappa shape index (κ1) is 12.7. The second-order valence-corrected chi connectivity index (χ2v) is 4.20. The van der Waals surface area contributed by atoms with E-state index in [0.29, 0.717) is 6.61 Å². The Bertz CT molecular complexity index is 144. The molecule has 0 bridgehead atoms. The van der Waals surface area contributed by atoms with E-state index in [4.69, 9.17) is 9.16 Å². The molecule has 3 heteroatoms. The van der Waals surface area contributed by atoms with Crippen molar-refractivity contribution in [1.29, 1.82) is 0 Å². The van der Waals surface area contributed by atoms with E-state index in [1.54, 1.807) is 6.26 Å². The van der Waals surface area contributed by atoms with Crippen LogP contribution in [0.4, 0.5) is 0 Å². The molecule has 0 aromatic heterocycles. The second kappa shape index (κ2) is 7.15. The lowest BCUT2D eigenvalue weighted by molar-refractivity contribution is 0.0404. The predicted molar refractivity (Wildman–Crippen MR) is 59.7 cm³/mol. The number of unbranched alkanes of at least 4 members (excludes halogenated alkanes) is 2. The molecular formula is C10H22O2Si. The molecular weight excluding hydrogens is 180 g/mol. The monoisotopic (exact) mass is 202 g/mol. The molecule has 0 spiro atoms. The summed E-state index contributed by atoms with van der Waals surface area (Å²) in [6.45, 7) is 6.91. The van der Waals surface area contributed by atoms with E-state index < -0.39 is 0 Å². The average Bonchev–Trinajstić information content (AvgIpc) is 2.11. The SMILES string of the molecule is CCCCC=COCC(C)(C)O[SiH3]. The highest BCUT2D eigenvalue weighted by Crippen LogP contribution is 2.07. The van der Waals surface area contributed by atoms with E-state index >= 15 is 0 Å². The Balaban J connectivity index is 3.38. The van der Waals surface area contributed by atoms with Gasteiger partial charge in [-0.2, -0.15) is 0 Å². The van der Waals surface area contributed by atoms with Crippen molar-refractivity contribution in [3.63, 3.8) is 0 Å². The maximum absolute atomic E-state index is 5.35. The summed E-state index contributed by atoms with van der Waals surface area (Å²) in [4.78, 5) is 0. The van der Waals surface area contributed by atoms with Crippen molar-refractivity contribution in [2.75, 3.05) is 6.61 Å². The van der Waals surface area contributed by atoms with Gasteiger partial charge in [0.1, 0.15) is 17.1 Å². The normalized spacial score (nSPS) is 12.5. The van der Waals surface area contributed by atoms with Crippen molar-refractivity contribution < 1.29 is 9.16 Å². The van der Waals surface area contributed by atoms with Gasteiger partial charge in [0.15, 0.2) is 0 Å². The van der Waals surface area contributed by atoms with Crippen LogP contribution in [0.3, 0.4) is 0 Å². The van der Waals surface area contributed by atoms with Gasteiger partial charge in [0, 0.05) is 0 Å². The molecule has 0 N–H and O–H groups in total. The molecule has 0 saturated heterocycles. The summed E-state index contributed by atoms with van der Waals surface area (Å²) in [5.74, 6) is 0. The third-order valence-electron chi connectivity index (χ3n) is 1.90. The summed E-state index contributed by atoms with van der Waals surface area (Å²) >= 11 is 0. The minimum absolute atomic E-state index is 0.124. The van der Waals surface area contributed by atoms with Gasteiger partial charge >= 0.3 is 0 Å². The Kier molecular flexibility index (Phi) is 7.00. The fourth-order valence-corrected chi connectivity index (χ4v) is 0.884. The fraction of sp³-hybridized carbons (Fsp3) is 0.800. The van der Waals surface area contributed by atoms with Gasteiger partial charge in [-0.25, -0.2) is 0 Å². The zero-order valence-corrected chi connectivity index (χ0v) is 11.3.